The van der Waals surface area contributed by atoms with Crippen LogP contribution in [-0.2, 0) is 12.8 Å². The van der Waals surface area contributed by atoms with Crippen molar-refractivity contribution in [3.8, 4) is 0 Å². The lowest BCUT2D eigenvalue weighted by atomic mass is 10.2. The van der Waals surface area contributed by atoms with Crippen LogP contribution in [0.3, 0.4) is 0 Å². The van der Waals surface area contributed by atoms with Crippen LogP contribution in [0.4, 0.5) is 0 Å². The number of rotatable bonds is 4. The first kappa shape index (κ1) is 10.5. The number of para-hydroxylation sites is 1. The highest BCUT2D eigenvalue weighted by Crippen LogP contribution is 2.21. The number of hydrogen-bond acceptors (Lipinski definition) is 3. The Hall–Kier alpha value is -1.00. The molecule has 0 saturated heterocycles. The molecule has 80 valence electrons. The molecule has 15 heavy (non-hydrogen) atoms. The highest BCUT2D eigenvalue weighted by Gasteiger charge is 2.06. The zero-order valence-corrected chi connectivity index (χ0v) is 9.63. The van der Waals surface area contributed by atoms with Crippen molar-refractivity contribution >= 4 is 22.7 Å². The summed E-state index contributed by atoms with van der Waals surface area (Å²) in [4.78, 5) is 0. The Bertz CT molecular complexity index is 450. The maximum atomic E-state index is 5.46. The van der Waals surface area contributed by atoms with Crippen molar-refractivity contribution in [2.45, 2.75) is 5.75 Å². The van der Waals surface area contributed by atoms with Gasteiger partial charge in [-0.1, -0.05) is 18.2 Å². The smallest absolute Gasteiger partial charge is 0.0802 e. The summed E-state index contributed by atoms with van der Waals surface area (Å²) in [6, 6.07) is 8.32. The van der Waals surface area contributed by atoms with Crippen LogP contribution in [0.5, 0.6) is 0 Å². The van der Waals surface area contributed by atoms with Gasteiger partial charge in [0.05, 0.1) is 11.2 Å². The van der Waals surface area contributed by atoms with Gasteiger partial charge in [-0.05, 0) is 6.07 Å². The number of aryl methyl sites for hydroxylation is 1. The van der Waals surface area contributed by atoms with Crippen LogP contribution in [0, 0.1) is 0 Å². The number of aromatic nitrogens is 2. The summed E-state index contributed by atoms with van der Waals surface area (Å²) in [6.07, 6.45) is 0. The minimum absolute atomic E-state index is 0.732. The first-order chi connectivity index (χ1) is 7.33. The fourth-order valence-corrected chi connectivity index (χ4v) is 2.37. The lowest BCUT2D eigenvalue weighted by Crippen LogP contribution is -2.01. The normalized spacial score (nSPS) is 11.1. The standard InChI is InChI=1S/C11H15N3S/c1-14-11-5-3-2-4-9(11)10(13-14)8-15-7-6-12/h2-5H,6-8,12H2,1H3. The van der Waals surface area contributed by atoms with Gasteiger partial charge in [0.15, 0.2) is 0 Å². The molecule has 0 saturated carbocycles. The average molecular weight is 221 g/mol. The molecule has 0 fully saturated rings. The second kappa shape index (κ2) is 4.68. The topological polar surface area (TPSA) is 43.8 Å². The van der Waals surface area contributed by atoms with E-state index in [2.05, 4.69) is 23.3 Å². The molecule has 0 radical (unpaired) electrons. The fraction of sp³-hybridized carbons (Fsp3) is 0.364. The molecule has 0 aliphatic carbocycles. The van der Waals surface area contributed by atoms with E-state index in [1.165, 1.54) is 10.9 Å². The summed E-state index contributed by atoms with van der Waals surface area (Å²) in [5, 5.41) is 5.77. The van der Waals surface area contributed by atoms with Gasteiger partial charge in [0.25, 0.3) is 0 Å². The molecule has 0 unspecified atom stereocenters. The molecule has 2 N–H and O–H groups in total. The largest absolute Gasteiger partial charge is 0.330 e. The quantitative estimate of drug-likeness (QED) is 0.800. The van der Waals surface area contributed by atoms with Crippen molar-refractivity contribution in [2.75, 3.05) is 12.3 Å². The molecule has 0 aliphatic rings. The van der Waals surface area contributed by atoms with Gasteiger partial charge in [0, 0.05) is 30.5 Å². The van der Waals surface area contributed by atoms with Crippen molar-refractivity contribution in [3.63, 3.8) is 0 Å². The number of fused-ring (bicyclic) bond motifs is 1. The third-order valence-corrected chi connectivity index (χ3v) is 3.34. The average Bonchev–Trinajstić information content (AvgIpc) is 2.58. The lowest BCUT2D eigenvalue weighted by molar-refractivity contribution is 0.781. The van der Waals surface area contributed by atoms with Gasteiger partial charge in [-0.25, -0.2) is 0 Å². The van der Waals surface area contributed by atoms with Crippen molar-refractivity contribution in [1.29, 1.82) is 0 Å². The van der Waals surface area contributed by atoms with Crippen molar-refractivity contribution < 1.29 is 0 Å². The Labute approximate surface area is 93.6 Å². The molecular weight excluding hydrogens is 206 g/mol. The molecule has 0 aliphatic heterocycles. The van der Waals surface area contributed by atoms with Crippen LogP contribution in [-0.4, -0.2) is 22.1 Å². The van der Waals surface area contributed by atoms with Crippen LogP contribution in [0.15, 0.2) is 24.3 Å². The van der Waals surface area contributed by atoms with Crippen LogP contribution < -0.4 is 5.73 Å². The molecule has 1 aromatic carbocycles. The molecule has 1 aromatic heterocycles. The number of hydrogen-bond donors (Lipinski definition) is 1. The van der Waals surface area contributed by atoms with Gasteiger partial charge in [-0.3, -0.25) is 4.68 Å². The maximum absolute atomic E-state index is 5.46. The van der Waals surface area contributed by atoms with Gasteiger partial charge in [0.1, 0.15) is 0 Å². The van der Waals surface area contributed by atoms with E-state index < -0.39 is 0 Å². The monoisotopic (exact) mass is 221 g/mol. The van der Waals surface area contributed by atoms with Crippen molar-refractivity contribution in [1.82, 2.24) is 9.78 Å². The van der Waals surface area contributed by atoms with E-state index in [1.54, 1.807) is 0 Å². The van der Waals surface area contributed by atoms with Crippen LogP contribution in [0.25, 0.3) is 10.9 Å². The Balaban J connectivity index is 2.27. The second-order valence-electron chi connectivity index (χ2n) is 3.43. The SMILES string of the molecule is Cn1nc(CSCCN)c2ccccc21. The third-order valence-electron chi connectivity index (χ3n) is 2.34. The molecule has 0 atom stereocenters. The van der Waals surface area contributed by atoms with Gasteiger partial charge >= 0.3 is 0 Å². The number of benzene rings is 1. The van der Waals surface area contributed by atoms with Crippen LogP contribution in [0.2, 0.25) is 0 Å². The van der Waals surface area contributed by atoms with E-state index in [0.717, 1.165) is 23.7 Å². The Morgan fingerprint density at radius 3 is 3.00 bits per heavy atom. The maximum Gasteiger partial charge on any atom is 0.0802 e. The molecule has 2 aromatic rings. The van der Waals surface area contributed by atoms with Gasteiger partial charge in [-0.15, -0.1) is 0 Å². The molecule has 2 rings (SSSR count). The van der Waals surface area contributed by atoms with E-state index in [4.69, 9.17) is 5.73 Å². The van der Waals surface area contributed by atoms with Gasteiger partial charge < -0.3 is 5.73 Å². The van der Waals surface area contributed by atoms with Crippen molar-refractivity contribution in [2.24, 2.45) is 12.8 Å². The zero-order chi connectivity index (χ0) is 10.7. The number of nitrogens with zero attached hydrogens (tertiary/aromatic N) is 2. The molecule has 0 spiro atoms. The highest BCUT2D eigenvalue weighted by atomic mass is 32.2. The Morgan fingerprint density at radius 2 is 2.20 bits per heavy atom. The molecule has 3 nitrogen and oxygen atoms in total. The zero-order valence-electron chi connectivity index (χ0n) is 8.81. The molecule has 0 bridgehead atoms. The molecule has 1 heterocycles. The summed E-state index contributed by atoms with van der Waals surface area (Å²) in [7, 11) is 1.99. The van der Waals surface area contributed by atoms with E-state index in [9.17, 15) is 0 Å². The molecule has 0 amide bonds. The number of nitrogens with two attached hydrogens (primary N) is 1. The summed E-state index contributed by atoms with van der Waals surface area (Å²) in [5.74, 6) is 1.93. The Kier molecular flexibility index (Phi) is 3.28. The highest BCUT2D eigenvalue weighted by molar-refractivity contribution is 7.98. The number of thioether (sulfide) groups is 1. The third kappa shape index (κ3) is 2.16. The predicted molar refractivity (Wildman–Crippen MR) is 65.9 cm³/mol. The molecule has 4 heteroatoms. The van der Waals surface area contributed by atoms with E-state index in [0.29, 0.717) is 0 Å². The van der Waals surface area contributed by atoms with E-state index in [1.807, 2.05) is 29.6 Å². The second-order valence-corrected chi connectivity index (χ2v) is 4.53. The lowest BCUT2D eigenvalue weighted by Gasteiger charge is -1.96. The summed E-state index contributed by atoms with van der Waals surface area (Å²) in [6.45, 7) is 0.732. The first-order valence-electron chi connectivity index (χ1n) is 5.01. The predicted octanol–water partition coefficient (Wildman–Crippen LogP) is 1.77. The van der Waals surface area contributed by atoms with Gasteiger partial charge in [0.2, 0.25) is 0 Å². The van der Waals surface area contributed by atoms with E-state index in [-0.39, 0.29) is 0 Å². The summed E-state index contributed by atoms with van der Waals surface area (Å²) < 4.78 is 1.94. The minimum Gasteiger partial charge on any atom is -0.330 e. The summed E-state index contributed by atoms with van der Waals surface area (Å²) >= 11 is 1.83. The van der Waals surface area contributed by atoms with Crippen LogP contribution >= 0.6 is 11.8 Å². The first-order valence-corrected chi connectivity index (χ1v) is 6.17. The van der Waals surface area contributed by atoms with E-state index >= 15 is 0 Å². The summed E-state index contributed by atoms with van der Waals surface area (Å²) in [5.41, 5.74) is 7.82. The van der Waals surface area contributed by atoms with Crippen molar-refractivity contribution in [3.05, 3.63) is 30.0 Å². The molecular formula is C11H15N3S. The minimum atomic E-state index is 0.732. The van der Waals surface area contributed by atoms with Gasteiger partial charge in [-0.2, -0.15) is 16.9 Å². The van der Waals surface area contributed by atoms with Crippen LogP contribution in [0.1, 0.15) is 5.69 Å². The fourth-order valence-electron chi connectivity index (χ4n) is 1.65. The Morgan fingerprint density at radius 1 is 1.40 bits per heavy atom.